The molecule has 0 fully saturated rings. The maximum Gasteiger partial charge on any atom is 0.119 e. The van der Waals surface area contributed by atoms with Crippen LogP contribution in [0.5, 0.6) is 5.75 Å². The fourth-order valence-electron chi connectivity index (χ4n) is 5.41. The van der Waals surface area contributed by atoms with Gasteiger partial charge in [-0.05, 0) is 58.1 Å². The third-order valence-electron chi connectivity index (χ3n) is 6.13. The highest BCUT2D eigenvalue weighted by molar-refractivity contribution is 5.60. The van der Waals surface area contributed by atoms with Gasteiger partial charge in [0.25, 0.3) is 0 Å². The van der Waals surface area contributed by atoms with Gasteiger partial charge in [0.15, 0.2) is 0 Å². The van der Waals surface area contributed by atoms with Gasteiger partial charge in [0.05, 0.1) is 7.11 Å². The molecule has 120 valence electrons. The maximum absolute atomic E-state index is 5.55. The van der Waals surface area contributed by atoms with Crippen LogP contribution in [0.1, 0.15) is 62.8 Å². The monoisotopic (exact) mass is 306 g/mol. The fourth-order valence-corrected chi connectivity index (χ4v) is 5.41. The molecule has 1 atom stereocenters. The zero-order chi connectivity index (χ0) is 16.5. The minimum Gasteiger partial charge on any atom is -0.497 e. The van der Waals surface area contributed by atoms with Crippen LogP contribution in [0.2, 0.25) is 0 Å². The van der Waals surface area contributed by atoms with Crippen LogP contribution in [0.25, 0.3) is 0 Å². The molecule has 1 nitrogen and oxygen atoms in total. The third-order valence-corrected chi connectivity index (χ3v) is 6.13. The van der Waals surface area contributed by atoms with Crippen molar-refractivity contribution in [2.75, 3.05) is 7.11 Å². The Hall–Kier alpha value is -1.76. The Morgan fingerprint density at radius 1 is 0.739 bits per heavy atom. The van der Waals surface area contributed by atoms with Gasteiger partial charge in [0.2, 0.25) is 0 Å². The fraction of sp³-hybridized carbons (Fsp3) is 0.455. The number of benzene rings is 2. The molecule has 0 saturated carbocycles. The van der Waals surface area contributed by atoms with Crippen LogP contribution in [0.3, 0.4) is 0 Å². The first kappa shape index (κ1) is 14.8. The van der Waals surface area contributed by atoms with Crippen LogP contribution in [-0.4, -0.2) is 7.11 Å². The molecule has 2 aromatic rings. The molecule has 0 saturated heterocycles. The lowest BCUT2D eigenvalue weighted by Gasteiger charge is -2.30. The van der Waals surface area contributed by atoms with Gasteiger partial charge >= 0.3 is 0 Å². The van der Waals surface area contributed by atoms with Gasteiger partial charge in [0.1, 0.15) is 5.75 Å². The van der Waals surface area contributed by atoms with Crippen molar-refractivity contribution >= 4 is 0 Å². The highest BCUT2D eigenvalue weighted by Crippen LogP contribution is 2.62. The summed E-state index contributed by atoms with van der Waals surface area (Å²) < 4.78 is 5.55. The molecule has 0 aromatic heterocycles. The Balaban J connectivity index is 2.02. The Kier molecular flexibility index (Phi) is 2.84. The van der Waals surface area contributed by atoms with Gasteiger partial charge in [-0.3, -0.25) is 0 Å². The van der Waals surface area contributed by atoms with Crippen LogP contribution in [0, 0.1) is 0 Å². The Labute approximate surface area is 139 Å². The lowest BCUT2D eigenvalue weighted by atomic mass is 9.72. The smallest absolute Gasteiger partial charge is 0.119 e. The standard InChI is InChI=1S/C22H26O/c1-20(2)13-22(18-9-7-6-8-16(18)20)14-21(3,4)17-11-10-15(23-5)12-19(17)22/h6-12H,13-14H2,1-5H3. The van der Waals surface area contributed by atoms with Gasteiger partial charge < -0.3 is 4.74 Å². The minimum absolute atomic E-state index is 0.132. The molecule has 1 unspecified atom stereocenters. The molecule has 0 heterocycles. The summed E-state index contributed by atoms with van der Waals surface area (Å²) in [6.45, 7) is 9.57. The summed E-state index contributed by atoms with van der Waals surface area (Å²) in [5.41, 5.74) is 6.59. The lowest BCUT2D eigenvalue weighted by molar-refractivity contribution is 0.349. The largest absolute Gasteiger partial charge is 0.497 e. The molecule has 0 radical (unpaired) electrons. The number of methoxy groups -OCH3 is 1. The predicted octanol–water partition coefficient (Wildman–Crippen LogP) is 5.34. The molecular weight excluding hydrogens is 280 g/mol. The molecule has 0 amide bonds. The van der Waals surface area contributed by atoms with Crippen molar-refractivity contribution in [3.63, 3.8) is 0 Å². The SMILES string of the molecule is COc1ccc2c(c1)C1(CC(C)(C)c3ccccc31)CC2(C)C. The summed E-state index contributed by atoms with van der Waals surface area (Å²) in [6.07, 6.45) is 2.37. The van der Waals surface area contributed by atoms with Crippen molar-refractivity contribution in [3.8, 4) is 5.75 Å². The molecule has 1 heteroatoms. The van der Waals surface area contributed by atoms with E-state index >= 15 is 0 Å². The highest BCUT2D eigenvalue weighted by Gasteiger charge is 2.56. The van der Waals surface area contributed by atoms with Gasteiger partial charge in [-0.2, -0.15) is 0 Å². The summed E-state index contributed by atoms with van der Waals surface area (Å²) in [7, 11) is 1.76. The first-order valence-corrected chi connectivity index (χ1v) is 8.59. The Bertz CT molecular complexity index is 780. The van der Waals surface area contributed by atoms with Crippen molar-refractivity contribution in [1.29, 1.82) is 0 Å². The van der Waals surface area contributed by atoms with E-state index in [-0.39, 0.29) is 16.2 Å². The zero-order valence-corrected chi connectivity index (χ0v) is 14.9. The quantitative estimate of drug-likeness (QED) is 0.690. The van der Waals surface area contributed by atoms with E-state index in [0.717, 1.165) is 5.75 Å². The van der Waals surface area contributed by atoms with E-state index in [4.69, 9.17) is 4.74 Å². The van der Waals surface area contributed by atoms with Crippen LogP contribution < -0.4 is 4.74 Å². The second kappa shape index (κ2) is 4.41. The minimum atomic E-state index is 0.132. The molecule has 0 aliphatic heterocycles. The maximum atomic E-state index is 5.55. The first-order chi connectivity index (χ1) is 10.8. The molecule has 1 spiro atoms. The van der Waals surface area contributed by atoms with Crippen LogP contribution in [0.4, 0.5) is 0 Å². The number of rotatable bonds is 1. The van der Waals surface area contributed by atoms with Crippen LogP contribution in [0.15, 0.2) is 42.5 Å². The van der Waals surface area contributed by atoms with Gasteiger partial charge in [-0.1, -0.05) is 58.0 Å². The molecule has 2 aliphatic rings. The van der Waals surface area contributed by atoms with E-state index in [9.17, 15) is 0 Å². The van der Waals surface area contributed by atoms with Gasteiger partial charge in [-0.15, -0.1) is 0 Å². The van der Waals surface area contributed by atoms with Crippen LogP contribution >= 0.6 is 0 Å². The molecule has 2 aromatic carbocycles. The van der Waals surface area contributed by atoms with Crippen molar-refractivity contribution in [3.05, 3.63) is 64.7 Å². The molecule has 0 N–H and O–H groups in total. The average molecular weight is 306 g/mol. The van der Waals surface area contributed by atoms with E-state index < -0.39 is 0 Å². The zero-order valence-electron chi connectivity index (χ0n) is 14.9. The second-order valence-corrected chi connectivity index (χ2v) is 8.66. The first-order valence-electron chi connectivity index (χ1n) is 8.59. The van der Waals surface area contributed by atoms with Crippen molar-refractivity contribution in [2.24, 2.45) is 0 Å². The van der Waals surface area contributed by atoms with E-state index in [1.165, 1.54) is 35.1 Å². The summed E-state index contributed by atoms with van der Waals surface area (Å²) >= 11 is 0. The molecule has 0 bridgehead atoms. The lowest BCUT2D eigenvalue weighted by Crippen LogP contribution is -2.26. The topological polar surface area (TPSA) is 9.23 Å². The van der Waals surface area contributed by atoms with Crippen molar-refractivity contribution in [2.45, 2.75) is 56.8 Å². The highest BCUT2D eigenvalue weighted by atomic mass is 16.5. The normalized spacial score (nSPS) is 26.1. The summed E-state index contributed by atoms with van der Waals surface area (Å²) in [6, 6.07) is 15.8. The summed E-state index contributed by atoms with van der Waals surface area (Å²) in [4.78, 5) is 0. The van der Waals surface area contributed by atoms with Gasteiger partial charge in [0, 0.05) is 5.41 Å². The van der Waals surface area contributed by atoms with Gasteiger partial charge in [-0.25, -0.2) is 0 Å². The predicted molar refractivity (Wildman–Crippen MR) is 95.5 cm³/mol. The molecule has 4 rings (SSSR count). The van der Waals surface area contributed by atoms with E-state index in [0.29, 0.717) is 0 Å². The van der Waals surface area contributed by atoms with E-state index in [2.05, 4.69) is 70.2 Å². The molecule has 23 heavy (non-hydrogen) atoms. The Morgan fingerprint density at radius 2 is 1.30 bits per heavy atom. The second-order valence-electron chi connectivity index (χ2n) is 8.66. The number of fused-ring (bicyclic) bond motifs is 4. The average Bonchev–Trinajstić information content (AvgIpc) is 2.88. The van der Waals surface area contributed by atoms with Crippen LogP contribution in [-0.2, 0) is 16.2 Å². The Morgan fingerprint density at radius 3 is 1.91 bits per heavy atom. The van der Waals surface area contributed by atoms with Crippen molar-refractivity contribution in [1.82, 2.24) is 0 Å². The summed E-state index contributed by atoms with van der Waals surface area (Å²) in [5.74, 6) is 0.975. The number of hydrogen-bond donors (Lipinski definition) is 0. The van der Waals surface area contributed by atoms with E-state index in [1.54, 1.807) is 7.11 Å². The number of ether oxygens (including phenoxy) is 1. The summed E-state index contributed by atoms with van der Waals surface area (Å²) in [5, 5.41) is 0. The molecule has 2 aliphatic carbocycles. The van der Waals surface area contributed by atoms with Crippen molar-refractivity contribution < 1.29 is 4.74 Å². The third kappa shape index (κ3) is 1.86. The van der Waals surface area contributed by atoms with E-state index in [1.807, 2.05) is 0 Å². The number of hydrogen-bond acceptors (Lipinski definition) is 1. The molecular formula is C22H26O.